The molecular formula is C13H19N3O3S. The summed E-state index contributed by atoms with van der Waals surface area (Å²) in [7, 11) is -3.20. The van der Waals surface area contributed by atoms with E-state index in [9.17, 15) is 13.2 Å². The van der Waals surface area contributed by atoms with Gasteiger partial charge in [-0.2, -0.15) is 0 Å². The minimum absolute atomic E-state index is 0.114. The van der Waals surface area contributed by atoms with Crippen molar-refractivity contribution in [2.24, 2.45) is 5.73 Å². The molecule has 20 heavy (non-hydrogen) atoms. The molecule has 0 saturated carbocycles. The molecule has 1 aliphatic heterocycles. The molecule has 0 bridgehead atoms. The summed E-state index contributed by atoms with van der Waals surface area (Å²) in [5.74, 6) is 0.0666. The van der Waals surface area contributed by atoms with Gasteiger partial charge in [-0.25, -0.2) is 8.42 Å². The first-order valence-electron chi connectivity index (χ1n) is 6.63. The Kier molecular flexibility index (Phi) is 4.61. The number of nitrogens with zero attached hydrogens (tertiary/aromatic N) is 1. The van der Waals surface area contributed by atoms with E-state index in [1.807, 2.05) is 0 Å². The fraction of sp³-hybridized carbons (Fsp3) is 0.462. The van der Waals surface area contributed by atoms with Crippen LogP contribution in [0.4, 0.5) is 11.4 Å². The standard InChI is InChI=1S/C13H19N3O3S/c14-7-2-6-13(17)15-11-4-1-5-12(10-11)16-8-3-9-20(16,18)19/h1,4-5,10H,2-3,6-9,14H2,(H,15,17). The van der Waals surface area contributed by atoms with Gasteiger partial charge in [0.05, 0.1) is 11.4 Å². The Morgan fingerprint density at radius 2 is 2.20 bits per heavy atom. The molecule has 110 valence electrons. The molecule has 0 aromatic heterocycles. The van der Waals surface area contributed by atoms with Crippen molar-refractivity contribution in [3.05, 3.63) is 24.3 Å². The second-order valence-corrected chi connectivity index (χ2v) is 6.75. The van der Waals surface area contributed by atoms with Crippen LogP contribution >= 0.6 is 0 Å². The van der Waals surface area contributed by atoms with Gasteiger partial charge in [0.2, 0.25) is 15.9 Å². The zero-order valence-electron chi connectivity index (χ0n) is 11.2. The molecule has 0 atom stereocenters. The third kappa shape index (κ3) is 3.49. The van der Waals surface area contributed by atoms with Crippen LogP contribution in [0.15, 0.2) is 24.3 Å². The van der Waals surface area contributed by atoms with Crippen LogP contribution in [0, 0.1) is 0 Å². The number of carbonyl (C=O) groups excluding carboxylic acids is 1. The van der Waals surface area contributed by atoms with Crippen molar-refractivity contribution in [2.75, 3.05) is 28.5 Å². The van der Waals surface area contributed by atoms with Gasteiger partial charge < -0.3 is 11.1 Å². The summed E-state index contributed by atoms with van der Waals surface area (Å²) < 4.78 is 25.1. The summed E-state index contributed by atoms with van der Waals surface area (Å²) in [4.78, 5) is 11.6. The minimum Gasteiger partial charge on any atom is -0.330 e. The Hall–Kier alpha value is -1.60. The third-order valence-electron chi connectivity index (χ3n) is 3.13. The average molecular weight is 297 g/mol. The van der Waals surface area contributed by atoms with Gasteiger partial charge in [0.25, 0.3) is 0 Å². The third-order valence-corrected chi connectivity index (χ3v) is 4.99. The molecule has 0 aliphatic carbocycles. The number of nitrogens with one attached hydrogen (secondary N) is 1. The van der Waals surface area contributed by atoms with Gasteiger partial charge in [0.15, 0.2) is 0 Å². The summed E-state index contributed by atoms with van der Waals surface area (Å²) in [5.41, 5.74) is 6.55. The number of nitrogens with two attached hydrogens (primary N) is 1. The van der Waals surface area contributed by atoms with Crippen LogP contribution in [0.1, 0.15) is 19.3 Å². The van der Waals surface area contributed by atoms with Crippen LogP contribution in [-0.4, -0.2) is 33.2 Å². The molecular weight excluding hydrogens is 278 g/mol. The van der Waals surface area contributed by atoms with Crippen LogP contribution in [0.5, 0.6) is 0 Å². The normalized spacial score (nSPS) is 17.1. The van der Waals surface area contributed by atoms with E-state index in [0.717, 1.165) is 0 Å². The fourth-order valence-electron chi connectivity index (χ4n) is 2.15. The molecule has 0 spiro atoms. The number of benzene rings is 1. The molecule has 3 N–H and O–H groups in total. The SMILES string of the molecule is NCCCC(=O)Nc1cccc(N2CCCS2(=O)=O)c1. The maximum atomic E-state index is 11.9. The van der Waals surface area contributed by atoms with E-state index < -0.39 is 10.0 Å². The highest BCUT2D eigenvalue weighted by Crippen LogP contribution is 2.26. The Bertz CT molecular complexity index is 586. The van der Waals surface area contributed by atoms with E-state index in [1.165, 1.54) is 4.31 Å². The van der Waals surface area contributed by atoms with Gasteiger partial charge in [-0.05, 0) is 37.6 Å². The zero-order chi connectivity index (χ0) is 14.6. The second-order valence-electron chi connectivity index (χ2n) is 4.73. The van der Waals surface area contributed by atoms with Gasteiger partial charge in [-0.1, -0.05) is 6.07 Å². The Labute approximate surface area is 119 Å². The highest BCUT2D eigenvalue weighted by molar-refractivity contribution is 7.93. The molecule has 0 radical (unpaired) electrons. The zero-order valence-corrected chi connectivity index (χ0v) is 12.0. The Morgan fingerprint density at radius 1 is 1.40 bits per heavy atom. The van der Waals surface area contributed by atoms with Crippen molar-refractivity contribution in [1.82, 2.24) is 0 Å². The van der Waals surface area contributed by atoms with E-state index in [4.69, 9.17) is 5.73 Å². The molecule has 7 heteroatoms. The number of carbonyl (C=O) groups is 1. The lowest BCUT2D eigenvalue weighted by Crippen LogP contribution is -2.25. The number of sulfonamides is 1. The van der Waals surface area contributed by atoms with E-state index in [-0.39, 0.29) is 11.7 Å². The quantitative estimate of drug-likeness (QED) is 0.844. The predicted octanol–water partition coefficient (Wildman–Crippen LogP) is 0.904. The number of hydrogen-bond donors (Lipinski definition) is 2. The molecule has 1 aromatic carbocycles. The summed E-state index contributed by atoms with van der Waals surface area (Å²) in [6.07, 6.45) is 1.63. The second kappa shape index (κ2) is 6.23. The van der Waals surface area contributed by atoms with Crippen LogP contribution in [0.3, 0.4) is 0 Å². The fourth-order valence-corrected chi connectivity index (χ4v) is 3.71. The molecule has 1 saturated heterocycles. The van der Waals surface area contributed by atoms with Crippen LogP contribution < -0.4 is 15.4 Å². The first-order chi connectivity index (χ1) is 9.53. The minimum atomic E-state index is -3.20. The van der Waals surface area contributed by atoms with E-state index in [0.29, 0.717) is 43.7 Å². The van der Waals surface area contributed by atoms with Gasteiger partial charge in [0, 0.05) is 18.7 Å². The van der Waals surface area contributed by atoms with Crippen molar-refractivity contribution in [2.45, 2.75) is 19.3 Å². The highest BCUT2D eigenvalue weighted by atomic mass is 32.2. The van der Waals surface area contributed by atoms with Gasteiger partial charge in [-0.15, -0.1) is 0 Å². The number of amides is 1. The molecule has 6 nitrogen and oxygen atoms in total. The Morgan fingerprint density at radius 3 is 2.85 bits per heavy atom. The molecule has 1 aliphatic rings. The number of rotatable bonds is 5. The van der Waals surface area contributed by atoms with Crippen molar-refractivity contribution in [3.8, 4) is 0 Å². The number of anilines is 2. The molecule has 0 unspecified atom stereocenters. The van der Waals surface area contributed by atoms with Gasteiger partial charge >= 0.3 is 0 Å². The monoisotopic (exact) mass is 297 g/mol. The first-order valence-corrected chi connectivity index (χ1v) is 8.24. The van der Waals surface area contributed by atoms with Crippen LogP contribution in [0.25, 0.3) is 0 Å². The van der Waals surface area contributed by atoms with E-state index >= 15 is 0 Å². The molecule has 2 rings (SSSR count). The van der Waals surface area contributed by atoms with Crippen molar-refractivity contribution >= 4 is 27.3 Å². The maximum absolute atomic E-state index is 11.9. The largest absolute Gasteiger partial charge is 0.330 e. The molecule has 1 heterocycles. The number of hydrogen-bond acceptors (Lipinski definition) is 4. The highest BCUT2D eigenvalue weighted by Gasteiger charge is 2.28. The summed E-state index contributed by atoms with van der Waals surface area (Å²) in [6.45, 7) is 0.965. The van der Waals surface area contributed by atoms with Crippen molar-refractivity contribution in [3.63, 3.8) is 0 Å². The lowest BCUT2D eigenvalue weighted by Gasteiger charge is -2.17. The lowest BCUT2D eigenvalue weighted by atomic mass is 10.2. The van der Waals surface area contributed by atoms with Crippen molar-refractivity contribution < 1.29 is 13.2 Å². The molecule has 1 aromatic rings. The summed E-state index contributed by atoms with van der Waals surface area (Å²) in [6, 6.07) is 6.90. The van der Waals surface area contributed by atoms with Crippen LogP contribution in [-0.2, 0) is 14.8 Å². The lowest BCUT2D eigenvalue weighted by molar-refractivity contribution is -0.116. The predicted molar refractivity (Wildman–Crippen MR) is 79.1 cm³/mol. The van der Waals surface area contributed by atoms with Crippen molar-refractivity contribution in [1.29, 1.82) is 0 Å². The van der Waals surface area contributed by atoms with E-state index in [2.05, 4.69) is 5.32 Å². The van der Waals surface area contributed by atoms with Crippen LogP contribution in [0.2, 0.25) is 0 Å². The molecule has 1 amide bonds. The topological polar surface area (TPSA) is 92.5 Å². The summed E-state index contributed by atoms with van der Waals surface area (Å²) >= 11 is 0. The van der Waals surface area contributed by atoms with Gasteiger partial charge in [-0.3, -0.25) is 9.10 Å². The van der Waals surface area contributed by atoms with Gasteiger partial charge in [0.1, 0.15) is 0 Å². The Balaban J connectivity index is 2.10. The first kappa shape index (κ1) is 14.8. The average Bonchev–Trinajstić information content (AvgIpc) is 2.76. The van der Waals surface area contributed by atoms with E-state index in [1.54, 1.807) is 24.3 Å². The summed E-state index contributed by atoms with van der Waals surface area (Å²) in [5, 5.41) is 2.75. The maximum Gasteiger partial charge on any atom is 0.235 e. The smallest absolute Gasteiger partial charge is 0.235 e. The molecule has 1 fully saturated rings.